The molecule has 0 aliphatic heterocycles. The predicted molar refractivity (Wildman–Crippen MR) is 68.2 cm³/mol. The zero-order valence-corrected chi connectivity index (χ0v) is 9.78. The van der Waals surface area contributed by atoms with E-state index in [-0.39, 0.29) is 0 Å². The number of nitrogens with one attached hydrogen (secondary N) is 2. The minimum absolute atomic E-state index is 0.791. The van der Waals surface area contributed by atoms with Crippen LogP contribution in [0.15, 0.2) is 43.2 Å². The molecule has 4 rings (SSSR count). The number of H-pyrrole nitrogens is 2. The van der Waals surface area contributed by atoms with Crippen LogP contribution in [0, 0.1) is 0 Å². The molecular formula is C12H9N7. The molecule has 2 N–H and O–H groups in total. The second-order valence-corrected chi connectivity index (χ2v) is 4.10. The van der Waals surface area contributed by atoms with Gasteiger partial charge in [-0.15, -0.1) is 0 Å². The predicted octanol–water partition coefficient (Wildman–Crippen LogP) is 1.51. The number of aromatic amines is 2. The number of hydrogen-bond donors (Lipinski definition) is 2. The Labute approximate surface area is 107 Å². The van der Waals surface area contributed by atoms with Crippen LogP contribution >= 0.6 is 0 Å². The first-order chi connectivity index (χ1) is 9.42. The Bertz CT molecular complexity index is 811. The van der Waals surface area contributed by atoms with Gasteiger partial charge in [0.1, 0.15) is 5.69 Å². The van der Waals surface area contributed by atoms with Crippen molar-refractivity contribution < 1.29 is 0 Å². The molecule has 4 aromatic heterocycles. The second-order valence-electron chi connectivity index (χ2n) is 4.10. The molecule has 19 heavy (non-hydrogen) atoms. The van der Waals surface area contributed by atoms with Crippen LogP contribution in [0.3, 0.4) is 0 Å². The summed E-state index contributed by atoms with van der Waals surface area (Å²) in [4.78, 5) is 8.70. The number of aromatic nitrogens is 7. The topological polar surface area (TPSA) is 87.5 Å². The van der Waals surface area contributed by atoms with E-state index in [1.54, 1.807) is 24.8 Å². The van der Waals surface area contributed by atoms with Crippen LogP contribution in [0.25, 0.3) is 28.3 Å². The van der Waals surface area contributed by atoms with Crippen molar-refractivity contribution in [2.24, 2.45) is 0 Å². The highest BCUT2D eigenvalue weighted by molar-refractivity contribution is 5.64. The minimum atomic E-state index is 0.791. The van der Waals surface area contributed by atoms with Gasteiger partial charge in [0, 0.05) is 24.2 Å². The van der Waals surface area contributed by atoms with E-state index in [0.717, 1.165) is 28.3 Å². The molecule has 0 atom stereocenters. The summed E-state index contributed by atoms with van der Waals surface area (Å²) in [6.45, 7) is 0. The molecule has 0 saturated heterocycles. The summed E-state index contributed by atoms with van der Waals surface area (Å²) in [6, 6.07) is 1.88. The van der Waals surface area contributed by atoms with Crippen molar-refractivity contribution in [3.8, 4) is 22.6 Å². The SMILES string of the molecule is c1cc(-c2cn3c(-c4cn[nH]c4)cnc3cn2)[nH]n1. The molecule has 4 aromatic rings. The van der Waals surface area contributed by atoms with Gasteiger partial charge in [0.25, 0.3) is 0 Å². The first kappa shape index (κ1) is 10.0. The summed E-state index contributed by atoms with van der Waals surface area (Å²) in [7, 11) is 0. The van der Waals surface area contributed by atoms with Gasteiger partial charge in [-0.1, -0.05) is 0 Å². The highest BCUT2D eigenvalue weighted by atomic mass is 15.1. The van der Waals surface area contributed by atoms with Gasteiger partial charge in [0.2, 0.25) is 0 Å². The van der Waals surface area contributed by atoms with Gasteiger partial charge in [0.05, 0.1) is 30.0 Å². The smallest absolute Gasteiger partial charge is 0.155 e. The summed E-state index contributed by atoms with van der Waals surface area (Å²) < 4.78 is 1.98. The van der Waals surface area contributed by atoms with Gasteiger partial charge in [-0.25, -0.2) is 9.97 Å². The Kier molecular flexibility index (Phi) is 1.99. The van der Waals surface area contributed by atoms with E-state index in [1.165, 1.54) is 0 Å². The number of imidazole rings is 1. The van der Waals surface area contributed by atoms with Crippen LogP contribution in [-0.4, -0.2) is 34.8 Å². The van der Waals surface area contributed by atoms with E-state index in [2.05, 4.69) is 30.4 Å². The largest absolute Gasteiger partial charge is 0.296 e. The van der Waals surface area contributed by atoms with E-state index in [9.17, 15) is 0 Å². The fraction of sp³-hybridized carbons (Fsp3) is 0. The molecule has 0 aliphatic rings. The van der Waals surface area contributed by atoms with Gasteiger partial charge in [-0.3, -0.25) is 14.6 Å². The molecule has 7 heteroatoms. The number of hydrogen-bond acceptors (Lipinski definition) is 4. The lowest BCUT2D eigenvalue weighted by Crippen LogP contribution is -1.92. The van der Waals surface area contributed by atoms with E-state index in [1.807, 2.05) is 22.9 Å². The number of rotatable bonds is 2. The maximum Gasteiger partial charge on any atom is 0.155 e. The molecule has 0 amide bonds. The normalized spacial score (nSPS) is 11.2. The summed E-state index contributed by atoms with van der Waals surface area (Å²) in [5.74, 6) is 0. The standard InChI is InChI=1S/C12H9N7/c1-2-15-18-9(1)10-7-19-11(8-3-16-17-4-8)5-14-12(19)6-13-10/h1-7H,(H,15,18)(H,16,17). The fourth-order valence-corrected chi connectivity index (χ4v) is 2.03. The molecule has 0 fully saturated rings. The molecule has 92 valence electrons. The Morgan fingerprint density at radius 2 is 2.05 bits per heavy atom. The van der Waals surface area contributed by atoms with Crippen LogP contribution in [0.4, 0.5) is 0 Å². The van der Waals surface area contributed by atoms with E-state index >= 15 is 0 Å². The second kappa shape index (κ2) is 3.77. The Hall–Kier alpha value is -2.96. The van der Waals surface area contributed by atoms with Gasteiger partial charge in [-0.2, -0.15) is 10.2 Å². The van der Waals surface area contributed by atoms with Gasteiger partial charge < -0.3 is 0 Å². The maximum atomic E-state index is 4.37. The van der Waals surface area contributed by atoms with E-state index in [0.29, 0.717) is 0 Å². The third kappa shape index (κ3) is 1.52. The number of nitrogens with zero attached hydrogens (tertiary/aromatic N) is 5. The molecule has 0 radical (unpaired) electrons. The van der Waals surface area contributed by atoms with Crippen LogP contribution in [-0.2, 0) is 0 Å². The average Bonchev–Trinajstić information content (AvgIpc) is 3.18. The van der Waals surface area contributed by atoms with Crippen LogP contribution in [0.2, 0.25) is 0 Å². The van der Waals surface area contributed by atoms with Crippen molar-refractivity contribution >= 4 is 5.65 Å². The molecule has 0 unspecified atom stereocenters. The molecule has 0 aliphatic carbocycles. The minimum Gasteiger partial charge on any atom is -0.296 e. The first-order valence-corrected chi connectivity index (χ1v) is 5.74. The molecule has 7 nitrogen and oxygen atoms in total. The Morgan fingerprint density at radius 3 is 2.84 bits per heavy atom. The lowest BCUT2D eigenvalue weighted by atomic mass is 10.3. The Balaban J connectivity index is 1.95. The van der Waals surface area contributed by atoms with E-state index in [4.69, 9.17) is 0 Å². The van der Waals surface area contributed by atoms with Crippen molar-refractivity contribution in [3.63, 3.8) is 0 Å². The summed E-state index contributed by atoms with van der Waals surface area (Å²) in [5, 5.41) is 13.6. The monoisotopic (exact) mass is 251 g/mol. The zero-order chi connectivity index (χ0) is 12.7. The molecule has 0 spiro atoms. The number of fused-ring (bicyclic) bond motifs is 1. The van der Waals surface area contributed by atoms with Crippen molar-refractivity contribution in [1.29, 1.82) is 0 Å². The van der Waals surface area contributed by atoms with Crippen LogP contribution in [0.1, 0.15) is 0 Å². The van der Waals surface area contributed by atoms with Crippen molar-refractivity contribution in [2.45, 2.75) is 0 Å². The Morgan fingerprint density at radius 1 is 1.05 bits per heavy atom. The third-order valence-corrected chi connectivity index (χ3v) is 2.97. The van der Waals surface area contributed by atoms with Gasteiger partial charge >= 0.3 is 0 Å². The van der Waals surface area contributed by atoms with E-state index < -0.39 is 0 Å². The third-order valence-electron chi connectivity index (χ3n) is 2.97. The zero-order valence-electron chi connectivity index (χ0n) is 9.78. The van der Waals surface area contributed by atoms with Crippen LogP contribution < -0.4 is 0 Å². The maximum absolute atomic E-state index is 4.37. The quantitative estimate of drug-likeness (QED) is 0.565. The fourth-order valence-electron chi connectivity index (χ4n) is 2.03. The van der Waals surface area contributed by atoms with Gasteiger partial charge in [-0.05, 0) is 6.07 Å². The lowest BCUT2D eigenvalue weighted by Gasteiger charge is -2.01. The molecule has 0 aromatic carbocycles. The highest BCUT2D eigenvalue weighted by Crippen LogP contribution is 2.21. The average molecular weight is 251 g/mol. The summed E-state index contributed by atoms with van der Waals surface area (Å²) in [6.07, 6.45) is 10.8. The van der Waals surface area contributed by atoms with Crippen molar-refractivity contribution in [2.75, 3.05) is 0 Å². The van der Waals surface area contributed by atoms with Crippen molar-refractivity contribution in [1.82, 2.24) is 34.8 Å². The summed E-state index contributed by atoms with van der Waals surface area (Å²) >= 11 is 0. The first-order valence-electron chi connectivity index (χ1n) is 5.74. The molecule has 0 bridgehead atoms. The van der Waals surface area contributed by atoms with Crippen molar-refractivity contribution in [3.05, 3.63) is 43.2 Å². The summed E-state index contributed by atoms with van der Waals surface area (Å²) in [5.41, 5.74) is 4.42. The molecule has 4 heterocycles. The van der Waals surface area contributed by atoms with Crippen LogP contribution in [0.5, 0.6) is 0 Å². The highest BCUT2D eigenvalue weighted by Gasteiger charge is 2.09. The molecule has 0 saturated carbocycles. The lowest BCUT2D eigenvalue weighted by molar-refractivity contribution is 1.07. The van der Waals surface area contributed by atoms with Gasteiger partial charge in [0.15, 0.2) is 5.65 Å². The molecular weight excluding hydrogens is 242 g/mol.